The lowest BCUT2D eigenvalue weighted by Crippen LogP contribution is -2.40. The molecule has 6 nitrogen and oxygen atoms in total. The van der Waals surface area contributed by atoms with Crippen LogP contribution in [-0.2, 0) is 13.0 Å². The summed E-state index contributed by atoms with van der Waals surface area (Å²) in [6, 6.07) is 5.99. The summed E-state index contributed by atoms with van der Waals surface area (Å²) in [5.41, 5.74) is 1.24. The van der Waals surface area contributed by atoms with Gasteiger partial charge in [-0.1, -0.05) is 19.8 Å². The third-order valence-corrected chi connectivity index (χ3v) is 6.71. The van der Waals surface area contributed by atoms with Gasteiger partial charge in [0.2, 0.25) is 0 Å². The number of hydrogen-bond acceptors (Lipinski definition) is 4. The van der Waals surface area contributed by atoms with Gasteiger partial charge in [-0.05, 0) is 63.3 Å². The molecule has 2 aliphatic heterocycles. The number of nitrogens with zero attached hydrogens (tertiary/aromatic N) is 3. The van der Waals surface area contributed by atoms with Gasteiger partial charge < -0.3 is 10.2 Å². The Morgan fingerprint density at radius 3 is 2.90 bits per heavy atom. The molecule has 0 radical (unpaired) electrons. The molecule has 0 saturated carbocycles. The van der Waals surface area contributed by atoms with Gasteiger partial charge in [0.15, 0.2) is 0 Å². The van der Waals surface area contributed by atoms with Crippen molar-refractivity contribution >= 4 is 16.8 Å². The maximum Gasteiger partial charge on any atom is 0.261 e. The van der Waals surface area contributed by atoms with E-state index in [-0.39, 0.29) is 11.5 Å². The van der Waals surface area contributed by atoms with Gasteiger partial charge in [0.1, 0.15) is 5.82 Å². The molecule has 1 unspecified atom stereocenters. The molecule has 1 amide bonds. The molecule has 1 saturated heterocycles. The van der Waals surface area contributed by atoms with Crippen LogP contribution in [0.4, 0.5) is 0 Å². The van der Waals surface area contributed by atoms with Crippen molar-refractivity contribution in [3.8, 4) is 0 Å². The van der Waals surface area contributed by atoms with E-state index >= 15 is 0 Å². The number of fused-ring (bicyclic) bond motifs is 2. The van der Waals surface area contributed by atoms with Gasteiger partial charge in [-0.15, -0.1) is 0 Å². The van der Waals surface area contributed by atoms with Crippen LogP contribution in [0.25, 0.3) is 10.9 Å². The van der Waals surface area contributed by atoms with Crippen LogP contribution in [0.5, 0.6) is 0 Å². The fraction of sp³-hybridized carbons (Fsp3) is 0.625. The summed E-state index contributed by atoms with van der Waals surface area (Å²) in [6.07, 6.45) is 10.1. The highest BCUT2D eigenvalue weighted by atomic mass is 16.1. The molecule has 30 heavy (non-hydrogen) atoms. The van der Waals surface area contributed by atoms with Gasteiger partial charge >= 0.3 is 0 Å². The molecule has 0 spiro atoms. The van der Waals surface area contributed by atoms with Crippen LogP contribution in [0, 0.1) is 0 Å². The molecule has 1 fully saturated rings. The minimum absolute atomic E-state index is 0.0240. The van der Waals surface area contributed by atoms with Gasteiger partial charge in [-0.2, -0.15) is 0 Å². The first-order chi connectivity index (χ1) is 14.7. The van der Waals surface area contributed by atoms with E-state index in [1.165, 1.54) is 32.2 Å². The van der Waals surface area contributed by atoms with E-state index in [0.29, 0.717) is 29.1 Å². The second-order valence-corrected chi connectivity index (χ2v) is 8.73. The lowest BCUT2D eigenvalue weighted by atomic mass is 10.00. The van der Waals surface area contributed by atoms with E-state index in [1.807, 2.05) is 4.57 Å². The maximum atomic E-state index is 12.8. The predicted molar refractivity (Wildman–Crippen MR) is 120 cm³/mol. The Labute approximate surface area is 178 Å². The van der Waals surface area contributed by atoms with Gasteiger partial charge in [-0.3, -0.25) is 14.2 Å². The Kier molecular flexibility index (Phi) is 6.82. The van der Waals surface area contributed by atoms with Crippen LogP contribution in [0.1, 0.15) is 74.5 Å². The SMILES string of the molecule is CCC1CCCCN1CCCNC(=O)c1ccc2c(=O)n3c(nc2c1)CCCCC3. The number of aromatic nitrogens is 2. The molecule has 1 atom stereocenters. The van der Waals surface area contributed by atoms with Crippen LogP contribution in [0.3, 0.4) is 0 Å². The minimum atomic E-state index is -0.0839. The first-order valence-electron chi connectivity index (χ1n) is 11.7. The Balaban J connectivity index is 1.39. The number of likely N-dealkylation sites (tertiary alicyclic amines) is 1. The van der Waals surface area contributed by atoms with Gasteiger partial charge in [0, 0.05) is 37.7 Å². The molecule has 3 heterocycles. The molecule has 1 aromatic carbocycles. The average Bonchev–Trinajstić information content (AvgIpc) is 3.02. The van der Waals surface area contributed by atoms with E-state index < -0.39 is 0 Å². The Hall–Kier alpha value is -2.21. The van der Waals surface area contributed by atoms with Crippen molar-refractivity contribution in [2.45, 2.75) is 77.3 Å². The molecule has 0 bridgehead atoms. The van der Waals surface area contributed by atoms with Crippen LogP contribution in [0.2, 0.25) is 0 Å². The fourth-order valence-corrected chi connectivity index (χ4v) is 4.96. The molecular formula is C24H34N4O2. The van der Waals surface area contributed by atoms with E-state index in [1.54, 1.807) is 18.2 Å². The first-order valence-corrected chi connectivity index (χ1v) is 11.7. The molecule has 1 N–H and O–H groups in total. The van der Waals surface area contributed by atoms with Crippen LogP contribution >= 0.6 is 0 Å². The molecule has 2 aliphatic rings. The highest BCUT2D eigenvalue weighted by molar-refractivity contribution is 5.97. The van der Waals surface area contributed by atoms with Crippen molar-refractivity contribution in [3.05, 3.63) is 39.9 Å². The normalized spacial score (nSPS) is 20.0. The van der Waals surface area contributed by atoms with Crippen molar-refractivity contribution in [1.29, 1.82) is 0 Å². The van der Waals surface area contributed by atoms with Crippen molar-refractivity contribution in [1.82, 2.24) is 19.8 Å². The number of benzene rings is 1. The number of nitrogens with one attached hydrogen (secondary N) is 1. The number of piperidine rings is 1. The number of aryl methyl sites for hydroxylation is 1. The Bertz CT molecular complexity index is 952. The second kappa shape index (κ2) is 9.73. The number of amides is 1. The smallest absolute Gasteiger partial charge is 0.261 e. The quantitative estimate of drug-likeness (QED) is 0.740. The Morgan fingerprint density at radius 2 is 2.03 bits per heavy atom. The van der Waals surface area contributed by atoms with E-state index in [4.69, 9.17) is 4.98 Å². The number of carbonyl (C=O) groups excluding carboxylic acids is 1. The molecule has 0 aliphatic carbocycles. The molecular weight excluding hydrogens is 376 g/mol. The van der Waals surface area contributed by atoms with E-state index in [2.05, 4.69) is 17.1 Å². The lowest BCUT2D eigenvalue weighted by Gasteiger charge is -2.35. The zero-order valence-electron chi connectivity index (χ0n) is 18.2. The first kappa shape index (κ1) is 21.0. The summed E-state index contributed by atoms with van der Waals surface area (Å²) < 4.78 is 1.82. The maximum absolute atomic E-state index is 12.8. The predicted octanol–water partition coefficient (Wildman–Crippen LogP) is 3.51. The molecule has 2 aromatic rings. The van der Waals surface area contributed by atoms with E-state index in [0.717, 1.165) is 51.0 Å². The standard InChI is InChI=1S/C24H34N4O2/c1-2-19-9-5-7-14-27(19)15-8-13-25-23(29)18-11-12-20-21(17-18)26-22-10-4-3-6-16-28(22)24(20)30/h11-12,17,19H,2-10,13-16H2,1H3,(H,25,29). The van der Waals surface area contributed by atoms with Crippen molar-refractivity contribution in [2.75, 3.05) is 19.6 Å². The molecule has 1 aromatic heterocycles. The zero-order valence-corrected chi connectivity index (χ0v) is 18.2. The average molecular weight is 411 g/mol. The highest BCUT2D eigenvalue weighted by Gasteiger charge is 2.20. The molecule has 4 rings (SSSR count). The van der Waals surface area contributed by atoms with Gasteiger partial charge in [-0.25, -0.2) is 4.98 Å². The van der Waals surface area contributed by atoms with Crippen molar-refractivity contribution < 1.29 is 4.79 Å². The lowest BCUT2D eigenvalue weighted by molar-refractivity contribution is 0.0947. The molecule has 162 valence electrons. The third kappa shape index (κ3) is 4.59. The Morgan fingerprint density at radius 1 is 1.17 bits per heavy atom. The minimum Gasteiger partial charge on any atom is -0.352 e. The van der Waals surface area contributed by atoms with Gasteiger partial charge in [0.05, 0.1) is 10.9 Å². The van der Waals surface area contributed by atoms with Gasteiger partial charge in [0.25, 0.3) is 11.5 Å². The number of carbonyl (C=O) groups is 1. The fourth-order valence-electron chi connectivity index (χ4n) is 4.96. The van der Waals surface area contributed by atoms with E-state index in [9.17, 15) is 9.59 Å². The number of hydrogen-bond donors (Lipinski definition) is 1. The van der Waals surface area contributed by atoms with Crippen molar-refractivity contribution in [2.24, 2.45) is 0 Å². The summed E-state index contributed by atoms with van der Waals surface area (Å²) >= 11 is 0. The summed E-state index contributed by atoms with van der Waals surface area (Å²) in [6.45, 7) is 5.91. The topological polar surface area (TPSA) is 67.2 Å². The monoisotopic (exact) mass is 410 g/mol. The molecule has 6 heteroatoms. The summed E-state index contributed by atoms with van der Waals surface area (Å²) in [5.74, 6) is 0.772. The second-order valence-electron chi connectivity index (χ2n) is 8.73. The largest absolute Gasteiger partial charge is 0.352 e. The zero-order chi connectivity index (χ0) is 20.9. The number of rotatable bonds is 6. The summed E-state index contributed by atoms with van der Waals surface area (Å²) in [7, 11) is 0. The summed E-state index contributed by atoms with van der Waals surface area (Å²) in [5, 5.41) is 3.65. The van der Waals surface area contributed by atoms with Crippen LogP contribution in [0.15, 0.2) is 23.0 Å². The third-order valence-electron chi connectivity index (χ3n) is 6.71. The van der Waals surface area contributed by atoms with Crippen LogP contribution < -0.4 is 10.9 Å². The van der Waals surface area contributed by atoms with Crippen molar-refractivity contribution in [3.63, 3.8) is 0 Å². The van der Waals surface area contributed by atoms with Crippen LogP contribution in [-0.4, -0.2) is 46.0 Å². The summed E-state index contributed by atoms with van der Waals surface area (Å²) in [4.78, 5) is 32.8. The highest BCUT2D eigenvalue weighted by Crippen LogP contribution is 2.19.